The van der Waals surface area contributed by atoms with Crippen LogP contribution in [0.1, 0.15) is 11.3 Å². The van der Waals surface area contributed by atoms with Crippen molar-refractivity contribution >= 4 is 41.0 Å². The zero-order valence-corrected chi connectivity index (χ0v) is 16.0. The third-order valence-electron chi connectivity index (χ3n) is 3.73. The predicted molar refractivity (Wildman–Crippen MR) is 106 cm³/mol. The Morgan fingerprint density at radius 2 is 1.96 bits per heavy atom. The van der Waals surface area contributed by atoms with E-state index < -0.39 is 0 Å². The van der Waals surface area contributed by atoms with Gasteiger partial charge in [-0.05, 0) is 36.4 Å². The fourth-order valence-corrected chi connectivity index (χ4v) is 3.22. The smallest absolute Gasteiger partial charge is 0.230 e. The van der Waals surface area contributed by atoms with Gasteiger partial charge in [-0.15, -0.1) is 23.7 Å². The molecule has 0 fully saturated rings. The van der Waals surface area contributed by atoms with E-state index in [0.29, 0.717) is 16.1 Å². The first-order valence-electron chi connectivity index (χ1n) is 7.79. The molecule has 3 rings (SSSR count). The highest BCUT2D eigenvalue weighted by molar-refractivity contribution is 7.07. The van der Waals surface area contributed by atoms with Gasteiger partial charge in [0.15, 0.2) is 4.80 Å². The number of carbonyl (C=O) groups excluding carboxylic acids is 1. The molecule has 0 atom stereocenters. The van der Waals surface area contributed by atoms with E-state index in [1.54, 1.807) is 54.1 Å². The van der Waals surface area contributed by atoms with Crippen LogP contribution in [-0.2, 0) is 18.3 Å². The summed E-state index contributed by atoms with van der Waals surface area (Å²) in [7, 11) is 1.79. The molecular formula is C19H16ClFN4OS. The van der Waals surface area contributed by atoms with E-state index in [4.69, 9.17) is 5.26 Å². The van der Waals surface area contributed by atoms with Crippen molar-refractivity contribution in [3.63, 3.8) is 0 Å². The van der Waals surface area contributed by atoms with Crippen LogP contribution in [0, 0.1) is 17.1 Å². The van der Waals surface area contributed by atoms with Gasteiger partial charge in [0.2, 0.25) is 5.91 Å². The van der Waals surface area contributed by atoms with Gasteiger partial charge in [0.05, 0.1) is 18.1 Å². The zero-order chi connectivity index (χ0) is 18.5. The molecule has 0 bridgehead atoms. The Morgan fingerprint density at radius 3 is 2.63 bits per heavy atom. The van der Waals surface area contributed by atoms with Gasteiger partial charge < -0.3 is 9.88 Å². The third-order valence-corrected chi connectivity index (χ3v) is 4.69. The van der Waals surface area contributed by atoms with E-state index in [0.717, 1.165) is 5.69 Å². The summed E-state index contributed by atoms with van der Waals surface area (Å²) in [5.41, 5.74) is 2.20. The number of nitrogens with zero attached hydrogens (tertiary/aromatic N) is 3. The molecule has 0 aliphatic heterocycles. The third kappa shape index (κ3) is 5.03. The molecule has 5 nitrogen and oxygen atoms in total. The molecule has 3 aromatic rings. The van der Waals surface area contributed by atoms with Crippen LogP contribution < -0.4 is 10.1 Å². The zero-order valence-electron chi connectivity index (χ0n) is 14.3. The maximum Gasteiger partial charge on any atom is 0.230 e. The number of benzene rings is 2. The van der Waals surface area contributed by atoms with E-state index in [1.807, 2.05) is 11.4 Å². The molecule has 27 heavy (non-hydrogen) atoms. The number of anilines is 1. The van der Waals surface area contributed by atoms with Crippen LogP contribution >= 0.6 is 23.7 Å². The largest absolute Gasteiger partial charge is 0.326 e. The van der Waals surface area contributed by atoms with Crippen LogP contribution in [-0.4, -0.2) is 10.5 Å². The average molecular weight is 403 g/mol. The molecule has 138 valence electrons. The highest BCUT2D eigenvalue weighted by Crippen LogP contribution is 2.16. The summed E-state index contributed by atoms with van der Waals surface area (Å²) in [6.07, 6.45) is 0.166. The van der Waals surface area contributed by atoms with Gasteiger partial charge in [-0.25, -0.2) is 9.38 Å². The minimum atomic E-state index is -0.388. The van der Waals surface area contributed by atoms with Gasteiger partial charge in [0, 0.05) is 23.8 Å². The number of nitrogens with one attached hydrogen (secondary N) is 1. The van der Waals surface area contributed by atoms with Crippen molar-refractivity contribution in [3.05, 3.63) is 75.8 Å². The molecular weight excluding hydrogens is 387 g/mol. The second-order valence-corrected chi connectivity index (χ2v) is 6.38. The number of halogens is 2. The van der Waals surface area contributed by atoms with E-state index in [-0.39, 0.29) is 36.2 Å². The van der Waals surface area contributed by atoms with Gasteiger partial charge in [-0.2, -0.15) is 5.26 Å². The number of hydrogen-bond donors (Lipinski definition) is 1. The molecule has 1 N–H and O–H groups in total. The molecule has 2 aromatic carbocycles. The Labute approximate surface area is 165 Å². The first-order valence-corrected chi connectivity index (χ1v) is 8.67. The molecule has 1 heterocycles. The average Bonchev–Trinajstić information content (AvgIpc) is 2.97. The summed E-state index contributed by atoms with van der Waals surface area (Å²) >= 11 is 1.35. The number of para-hydroxylation sites is 1. The van der Waals surface area contributed by atoms with Crippen LogP contribution in [0.25, 0.3) is 0 Å². The molecule has 0 saturated heterocycles. The van der Waals surface area contributed by atoms with Crippen molar-refractivity contribution in [3.8, 4) is 6.07 Å². The summed E-state index contributed by atoms with van der Waals surface area (Å²) < 4.78 is 15.5. The quantitative estimate of drug-likeness (QED) is 0.718. The number of nitriles is 1. The minimum absolute atomic E-state index is 0. The summed E-state index contributed by atoms with van der Waals surface area (Å²) in [6.45, 7) is 0. The maximum atomic E-state index is 13.7. The first-order chi connectivity index (χ1) is 12.6. The van der Waals surface area contributed by atoms with E-state index in [9.17, 15) is 9.18 Å². The molecule has 0 radical (unpaired) electrons. The van der Waals surface area contributed by atoms with E-state index >= 15 is 0 Å². The van der Waals surface area contributed by atoms with Crippen molar-refractivity contribution in [1.29, 1.82) is 5.26 Å². The van der Waals surface area contributed by atoms with Gasteiger partial charge in [0.1, 0.15) is 11.5 Å². The van der Waals surface area contributed by atoms with E-state index in [1.165, 1.54) is 17.4 Å². The topological polar surface area (TPSA) is 70.2 Å². The molecule has 8 heteroatoms. The molecule has 0 aliphatic carbocycles. The fourth-order valence-electron chi connectivity index (χ4n) is 2.31. The molecule has 1 aromatic heterocycles. The van der Waals surface area contributed by atoms with E-state index in [2.05, 4.69) is 10.3 Å². The van der Waals surface area contributed by atoms with Gasteiger partial charge in [-0.1, -0.05) is 12.1 Å². The number of carbonyl (C=O) groups is 1. The lowest BCUT2D eigenvalue weighted by atomic mass is 10.2. The van der Waals surface area contributed by atoms with Crippen molar-refractivity contribution < 1.29 is 9.18 Å². The first kappa shape index (κ1) is 20.4. The van der Waals surface area contributed by atoms with Gasteiger partial charge in [0.25, 0.3) is 0 Å². The Bertz CT molecular complexity index is 1050. The van der Waals surface area contributed by atoms with Crippen LogP contribution in [0.3, 0.4) is 0 Å². The Kier molecular flexibility index (Phi) is 6.88. The number of amides is 1. The van der Waals surface area contributed by atoms with Crippen LogP contribution in [0.2, 0.25) is 0 Å². The predicted octanol–water partition coefficient (Wildman–Crippen LogP) is 3.93. The number of thiazole rings is 1. The van der Waals surface area contributed by atoms with Crippen LogP contribution in [0.15, 0.2) is 58.9 Å². The second kappa shape index (κ2) is 9.12. The second-order valence-electron chi connectivity index (χ2n) is 5.55. The molecule has 0 saturated carbocycles. The molecule has 0 spiro atoms. The molecule has 1 amide bonds. The summed E-state index contributed by atoms with van der Waals surface area (Å²) in [4.78, 5) is 17.2. The monoisotopic (exact) mass is 402 g/mol. The standard InChI is InChI=1S/C19H15FN4OS.ClH/c1-24-15(10-18(25)22-14-8-6-13(11-21)7-9-14)12-26-19(24)23-17-5-3-2-4-16(17)20;/h2-9,12H,10H2,1H3,(H,22,25);1H. The van der Waals surface area contributed by atoms with Crippen LogP contribution in [0.4, 0.5) is 15.8 Å². The highest BCUT2D eigenvalue weighted by atomic mass is 35.5. The highest BCUT2D eigenvalue weighted by Gasteiger charge is 2.09. The summed E-state index contributed by atoms with van der Waals surface area (Å²) in [6, 6.07) is 15.0. The lowest BCUT2D eigenvalue weighted by Gasteiger charge is -2.06. The SMILES string of the molecule is Cl.Cn1c(CC(=O)Nc2ccc(C#N)cc2)csc1=Nc1ccccc1F. The Balaban J connectivity index is 0.00000261. The van der Waals surface area contributed by atoms with Gasteiger partial charge >= 0.3 is 0 Å². The minimum Gasteiger partial charge on any atom is -0.326 e. The van der Waals surface area contributed by atoms with Crippen molar-refractivity contribution in [2.45, 2.75) is 6.42 Å². The van der Waals surface area contributed by atoms with Crippen molar-refractivity contribution in [2.75, 3.05) is 5.32 Å². The number of hydrogen-bond acceptors (Lipinski definition) is 4. The normalized spacial score (nSPS) is 10.8. The molecule has 0 unspecified atom stereocenters. The maximum absolute atomic E-state index is 13.7. The summed E-state index contributed by atoms with van der Waals surface area (Å²) in [5.74, 6) is -0.568. The van der Waals surface area contributed by atoms with Crippen molar-refractivity contribution in [1.82, 2.24) is 4.57 Å². The lowest BCUT2D eigenvalue weighted by Crippen LogP contribution is -2.19. The number of rotatable bonds is 4. The lowest BCUT2D eigenvalue weighted by molar-refractivity contribution is -0.115. The van der Waals surface area contributed by atoms with Gasteiger partial charge in [-0.3, -0.25) is 4.79 Å². The fraction of sp³-hybridized carbons (Fsp3) is 0.105. The Morgan fingerprint density at radius 1 is 1.26 bits per heavy atom. The summed E-state index contributed by atoms with van der Waals surface area (Å²) in [5, 5.41) is 13.4. The van der Waals surface area contributed by atoms with Crippen LogP contribution in [0.5, 0.6) is 0 Å². The molecule has 0 aliphatic rings. The van der Waals surface area contributed by atoms with Crippen molar-refractivity contribution in [2.24, 2.45) is 12.0 Å². The number of aromatic nitrogens is 1. The Hall–Kier alpha value is -2.95.